The minimum atomic E-state index is 0.586. The molecule has 1 N–H and O–H groups in total. The van der Waals surface area contributed by atoms with Gasteiger partial charge >= 0.3 is 0 Å². The summed E-state index contributed by atoms with van der Waals surface area (Å²) in [6.07, 6.45) is 12.0. The van der Waals surface area contributed by atoms with Crippen LogP contribution >= 0.6 is 0 Å². The largest absolute Gasteiger partial charge is 0.311 e. The van der Waals surface area contributed by atoms with Gasteiger partial charge in [0.1, 0.15) is 0 Å². The van der Waals surface area contributed by atoms with E-state index in [-0.39, 0.29) is 0 Å². The van der Waals surface area contributed by atoms with Crippen molar-refractivity contribution < 1.29 is 0 Å². The third kappa shape index (κ3) is 2.16. The van der Waals surface area contributed by atoms with E-state index in [0.29, 0.717) is 5.41 Å². The molecule has 4 fully saturated rings. The van der Waals surface area contributed by atoms with Crippen molar-refractivity contribution in [1.82, 2.24) is 5.32 Å². The van der Waals surface area contributed by atoms with Crippen LogP contribution in [0.5, 0.6) is 0 Å². The first kappa shape index (κ1) is 13.6. The molecule has 2 bridgehead atoms. The van der Waals surface area contributed by atoms with Crippen molar-refractivity contribution in [2.24, 2.45) is 35.0 Å². The monoisotopic (exact) mass is 275 g/mol. The zero-order valence-corrected chi connectivity index (χ0v) is 13.7. The Morgan fingerprint density at radius 2 is 1.70 bits per heavy atom. The van der Waals surface area contributed by atoms with E-state index in [9.17, 15) is 0 Å². The quantitative estimate of drug-likeness (QED) is 0.775. The van der Waals surface area contributed by atoms with Crippen molar-refractivity contribution in [2.75, 3.05) is 0 Å². The van der Waals surface area contributed by atoms with Crippen LogP contribution in [0.3, 0.4) is 0 Å². The molecule has 4 aliphatic rings. The summed E-state index contributed by atoms with van der Waals surface area (Å²) >= 11 is 0. The lowest BCUT2D eigenvalue weighted by Gasteiger charge is -2.43. The molecule has 0 radical (unpaired) electrons. The van der Waals surface area contributed by atoms with Gasteiger partial charge in [-0.25, -0.2) is 0 Å². The van der Waals surface area contributed by atoms with Crippen LogP contribution < -0.4 is 5.32 Å². The van der Waals surface area contributed by atoms with E-state index in [1.165, 1.54) is 32.1 Å². The number of rotatable bonds is 2. The van der Waals surface area contributed by atoms with Gasteiger partial charge in [0.2, 0.25) is 0 Å². The molecule has 4 saturated carbocycles. The fourth-order valence-corrected chi connectivity index (χ4v) is 6.73. The molecule has 4 rings (SSSR count). The molecule has 0 aromatic heterocycles. The molecular formula is C19H33N. The number of hydrogen-bond acceptors (Lipinski definition) is 1. The highest BCUT2D eigenvalue weighted by molar-refractivity contribution is 5.06. The van der Waals surface area contributed by atoms with Crippen LogP contribution in [-0.2, 0) is 0 Å². The second-order valence-electron chi connectivity index (χ2n) is 9.42. The molecule has 0 amide bonds. The van der Waals surface area contributed by atoms with Gasteiger partial charge in [-0.1, -0.05) is 27.2 Å². The van der Waals surface area contributed by atoms with E-state index < -0.39 is 0 Å². The molecule has 4 aliphatic carbocycles. The van der Waals surface area contributed by atoms with Crippen LogP contribution in [0.15, 0.2) is 0 Å². The van der Waals surface area contributed by atoms with E-state index in [1.54, 1.807) is 19.3 Å². The topological polar surface area (TPSA) is 12.0 Å². The highest BCUT2D eigenvalue weighted by atomic mass is 15.0. The van der Waals surface area contributed by atoms with Gasteiger partial charge in [0.25, 0.3) is 0 Å². The van der Waals surface area contributed by atoms with E-state index in [0.717, 1.165) is 41.7 Å². The molecule has 0 aromatic carbocycles. The molecule has 0 heterocycles. The Labute approximate surface area is 125 Å². The van der Waals surface area contributed by atoms with Crippen molar-refractivity contribution in [3.63, 3.8) is 0 Å². The van der Waals surface area contributed by atoms with Crippen molar-refractivity contribution in [1.29, 1.82) is 0 Å². The predicted octanol–water partition coefficient (Wildman–Crippen LogP) is 4.62. The Balaban J connectivity index is 1.39. The first-order valence-corrected chi connectivity index (χ1v) is 9.29. The van der Waals surface area contributed by atoms with Crippen LogP contribution in [0.2, 0.25) is 0 Å². The first-order valence-electron chi connectivity index (χ1n) is 9.29. The van der Waals surface area contributed by atoms with E-state index >= 15 is 0 Å². The summed E-state index contributed by atoms with van der Waals surface area (Å²) in [7, 11) is 0. The van der Waals surface area contributed by atoms with Gasteiger partial charge in [-0.05, 0) is 80.0 Å². The predicted molar refractivity (Wildman–Crippen MR) is 84.6 cm³/mol. The Kier molecular flexibility index (Phi) is 3.22. The Hall–Kier alpha value is -0.0400. The summed E-state index contributed by atoms with van der Waals surface area (Å²) in [5.74, 6) is 5.27. The summed E-state index contributed by atoms with van der Waals surface area (Å²) in [6, 6.07) is 1.69. The highest BCUT2D eigenvalue weighted by Crippen LogP contribution is 2.59. The van der Waals surface area contributed by atoms with Gasteiger partial charge in [0.05, 0.1) is 0 Å². The van der Waals surface area contributed by atoms with Crippen LogP contribution in [0.1, 0.15) is 72.1 Å². The normalized spacial score (nSPS) is 53.2. The SMILES string of the molecule is CC1CC(C)(C)CCC1NC1CC2CC1C1CCCC21. The molecule has 0 aliphatic heterocycles. The molecule has 1 heteroatoms. The fourth-order valence-electron chi connectivity index (χ4n) is 6.73. The van der Waals surface area contributed by atoms with Crippen LogP contribution in [0, 0.1) is 35.0 Å². The zero-order chi connectivity index (χ0) is 13.9. The number of nitrogens with one attached hydrogen (secondary N) is 1. The molecule has 1 nitrogen and oxygen atoms in total. The molecule has 0 saturated heterocycles. The maximum Gasteiger partial charge on any atom is 0.0104 e. The Morgan fingerprint density at radius 1 is 0.900 bits per heavy atom. The minimum absolute atomic E-state index is 0.586. The molecular weight excluding hydrogens is 242 g/mol. The lowest BCUT2D eigenvalue weighted by molar-refractivity contribution is 0.119. The lowest BCUT2D eigenvalue weighted by Crippen LogP contribution is -2.49. The second kappa shape index (κ2) is 4.73. The van der Waals surface area contributed by atoms with Crippen molar-refractivity contribution in [2.45, 2.75) is 84.2 Å². The Bertz CT molecular complexity index is 374. The minimum Gasteiger partial charge on any atom is -0.311 e. The lowest BCUT2D eigenvalue weighted by atomic mass is 9.70. The molecule has 0 aromatic rings. The maximum absolute atomic E-state index is 4.15. The summed E-state index contributed by atoms with van der Waals surface area (Å²) in [5, 5.41) is 4.15. The average Bonchev–Trinajstić information content (AvgIpc) is 3.03. The summed E-state index contributed by atoms with van der Waals surface area (Å²) in [4.78, 5) is 0. The maximum atomic E-state index is 4.15. The van der Waals surface area contributed by atoms with E-state index in [1.807, 2.05) is 0 Å². The van der Waals surface area contributed by atoms with Gasteiger partial charge in [0.15, 0.2) is 0 Å². The van der Waals surface area contributed by atoms with Gasteiger partial charge < -0.3 is 5.32 Å². The Morgan fingerprint density at radius 3 is 2.50 bits per heavy atom. The van der Waals surface area contributed by atoms with Crippen molar-refractivity contribution in [3.8, 4) is 0 Å². The van der Waals surface area contributed by atoms with Crippen molar-refractivity contribution >= 4 is 0 Å². The molecule has 7 atom stereocenters. The zero-order valence-electron chi connectivity index (χ0n) is 13.7. The van der Waals surface area contributed by atoms with Gasteiger partial charge in [-0.2, -0.15) is 0 Å². The third-order valence-electron chi connectivity index (χ3n) is 7.55. The van der Waals surface area contributed by atoms with Gasteiger partial charge in [-0.15, -0.1) is 0 Å². The van der Waals surface area contributed by atoms with Crippen LogP contribution in [-0.4, -0.2) is 12.1 Å². The van der Waals surface area contributed by atoms with Crippen LogP contribution in [0.4, 0.5) is 0 Å². The van der Waals surface area contributed by atoms with Crippen LogP contribution in [0.25, 0.3) is 0 Å². The molecule has 0 spiro atoms. The number of fused-ring (bicyclic) bond motifs is 5. The standard InChI is InChI=1S/C19H33N/c1-12-11-19(2,3)8-7-17(12)20-18-10-13-9-16(18)15-6-4-5-14(13)15/h12-18,20H,4-11H2,1-3H3. The van der Waals surface area contributed by atoms with Gasteiger partial charge in [-0.3, -0.25) is 0 Å². The van der Waals surface area contributed by atoms with E-state index in [2.05, 4.69) is 26.1 Å². The average molecular weight is 275 g/mol. The number of hydrogen-bond donors (Lipinski definition) is 1. The summed E-state index contributed by atoms with van der Waals surface area (Å²) in [5.41, 5.74) is 0.586. The molecule has 7 unspecified atom stereocenters. The third-order valence-corrected chi connectivity index (χ3v) is 7.55. The smallest absolute Gasteiger partial charge is 0.0104 e. The second-order valence-corrected chi connectivity index (χ2v) is 9.42. The molecule has 114 valence electrons. The summed E-state index contributed by atoms with van der Waals surface area (Å²) in [6.45, 7) is 7.41. The molecule has 20 heavy (non-hydrogen) atoms. The highest BCUT2D eigenvalue weighted by Gasteiger charge is 2.54. The van der Waals surface area contributed by atoms with Crippen molar-refractivity contribution in [3.05, 3.63) is 0 Å². The summed E-state index contributed by atoms with van der Waals surface area (Å²) < 4.78 is 0. The fraction of sp³-hybridized carbons (Fsp3) is 1.00. The van der Waals surface area contributed by atoms with Gasteiger partial charge in [0, 0.05) is 12.1 Å². The first-order chi connectivity index (χ1) is 9.53. The van der Waals surface area contributed by atoms with E-state index in [4.69, 9.17) is 0 Å².